The Morgan fingerprint density at radius 3 is 2.68 bits per heavy atom. The summed E-state index contributed by atoms with van der Waals surface area (Å²) in [5.41, 5.74) is 1.61. The van der Waals surface area contributed by atoms with Crippen molar-refractivity contribution in [2.24, 2.45) is 5.92 Å². The van der Waals surface area contributed by atoms with Crippen LogP contribution in [-0.4, -0.2) is 24.7 Å². The summed E-state index contributed by atoms with van der Waals surface area (Å²) >= 11 is 0. The number of aromatic nitrogens is 1. The summed E-state index contributed by atoms with van der Waals surface area (Å²) in [5, 5.41) is 18.8. The van der Waals surface area contributed by atoms with E-state index in [2.05, 4.69) is 4.98 Å². The second-order valence-electron chi connectivity index (χ2n) is 4.63. The van der Waals surface area contributed by atoms with Crippen molar-refractivity contribution in [2.45, 2.75) is 13.3 Å². The first-order valence-electron chi connectivity index (χ1n) is 6.79. The third kappa shape index (κ3) is 2.87. The van der Waals surface area contributed by atoms with Crippen LogP contribution in [0.2, 0.25) is 0 Å². The zero-order valence-corrected chi connectivity index (χ0v) is 12.3. The summed E-state index contributed by atoms with van der Waals surface area (Å²) in [7, 11) is 1.55. The van der Waals surface area contributed by atoms with Crippen molar-refractivity contribution in [2.75, 3.05) is 13.7 Å². The van der Waals surface area contributed by atoms with Crippen molar-refractivity contribution in [1.82, 2.24) is 4.98 Å². The number of esters is 1. The van der Waals surface area contributed by atoms with Crippen LogP contribution in [0.3, 0.4) is 0 Å². The molecule has 1 aromatic carbocycles. The maximum absolute atomic E-state index is 12.1. The number of fused-ring (bicyclic) bond motifs is 1. The van der Waals surface area contributed by atoms with E-state index in [0.29, 0.717) is 11.3 Å². The minimum absolute atomic E-state index is 0.147. The second-order valence-corrected chi connectivity index (χ2v) is 4.63. The number of rotatable bonds is 5. The highest BCUT2D eigenvalue weighted by molar-refractivity contribution is 5.98. The number of carbonyl (C=O) groups excluding carboxylic acids is 1. The number of methoxy groups -OCH3 is 1. The van der Waals surface area contributed by atoms with Gasteiger partial charge < -0.3 is 14.5 Å². The van der Waals surface area contributed by atoms with Gasteiger partial charge in [0.05, 0.1) is 25.9 Å². The second kappa shape index (κ2) is 6.64. The van der Waals surface area contributed by atoms with Gasteiger partial charge in [-0.15, -0.1) is 0 Å². The van der Waals surface area contributed by atoms with Crippen LogP contribution in [0.15, 0.2) is 18.2 Å². The molecule has 0 atom stereocenters. The number of hydrogen-bond acceptors (Lipinski definition) is 5. The zero-order valence-electron chi connectivity index (χ0n) is 12.3. The molecule has 1 N–H and O–H groups in total. The largest absolute Gasteiger partial charge is 0.497 e. The number of nitrogens with zero attached hydrogens (tertiary/aromatic N) is 2. The maximum Gasteiger partial charge on any atom is 0.355 e. The highest BCUT2D eigenvalue weighted by Gasteiger charge is 2.22. The minimum atomic E-state index is -0.835. The third-order valence-corrected chi connectivity index (χ3v) is 3.31. The Kier molecular flexibility index (Phi) is 4.65. The van der Waals surface area contributed by atoms with Crippen LogP contribution in [0.25, 0.3) is 10.9 Å². The molecule has 22 heavy (non-hydrogen) atoms. The van der Waals surface area contributed by atoms with Gasteiger partial charge in [0.25, 0.3) is 0 Å². The van der Waals surface area contributed by atoms with Gasteiger partial charge in [-0.2, -0.15) is 10.5 Å². The van der Waals surface area contributed by atoms with E-state index in [4.69, 9.17) is 20.0 Å². The number of ether oxygens (including phenoxy) is 2. The van der Waals surface area contributed by atoms with Gasteiger partial charge in [0.15, 0.2) is 0 Å². The molecule has 6 heteroatoms. The quantitative estimate of drug-likeness (QED) is 0.855. The van der Waals surface area contributed by atoms with E-state index < -0.39 is 11.9 Å². The molecule has 0 saturated heterocycles. The molecule has 2 rings (SSSR count). The lowest BCUT2D eigenvalue weighted by atomic mass is 9.99. The normalized spacial score (nSPS) is 10.2. The summed E-state index contributed by atoms with van der Waals surface area (Å²) in [6, 6.07) is 9.17. The molecule has 0 amide bonds. The Balaban J connectivity index is 2.60. The number of aromatic amines is 1. The lowest BCUT2D eigenvalue weighted by molar-refractivity contribution is 0.0519. The summed E-state index contributed by atoms with van der Waals surface area (Å²) < 4.78 is 10.2. The molecule has 0 unspecified atom stereocenters. The fraction of sp³-hybridized carbons (Fsp3) is 0.312. The summed E-state index contributed by atoms with van der Waals surface area (Å²) in [5.74, 6) is -0.700. The van der Waals surface area contributed by atoms with E-state index in [-0.39, 0.29) is 18.7 Å². The highest BCUT2D eigenvalue weighted by atomic mass is 16.5. The average molecular weight is 297 g/mol. The molecule has 0 bridgehead atoms. The van der Waals surface area contributed by atoms with Gasteiger partial charge in [0, 0.05) is 17.3 Å². The van der Waals surface area contributed by atoms with Gasteiger partial charge in [-0.25, -0.2) is 4.79 Å². The molecule has 112 valence electrons. The van der Waals surface area contributed by atoms with E-state index in [9.17, 15) is 4.79 Å². The standard InChI is InChI=1S/C16H15N3O3/c1-3-22-16(20)15-13(6-10(8-17)9-18)12-7-11(21-2)4-5-14(12)19-15/h4-5,7,10,19H,3,6H2,1-2H3. The van der Waals surface area contributed by atoms with Crippen LogP contribution in [0.5, 0.6) is 5.75 Å². The van der Waals surface area contributed by atoms with Crippen LogP contribution in [0.4, 0.5) is 0 Å². The number of carbonyl (C=O) groups is 1. The van der Waals surface area contributed by atoms with Gasteiger partial charge in [-0.1, -0.05) is 0 Å². The third-order valence-electron chi connectivity index (χ3n) is 3.31. The van der Waals surface area contributed by atoms with E-state index in [1.54, 1.807) is 32.2 Å². The Morgan fingerprint density at radius 2 is 2.09 bits per heavy atom. The molecule has 0 aliphatic heterocycles. The summed E-state index contributed by atoms with van der Waals surface area (Å²) in [4.78, 5) is 15.1. The highest BCUT2D eigenvalue weighted by Crippen LogP contribution is 2.29. The predicted molar refractivity (Wildman–Crippen MR) is 79.2 cm³/mol. The van der Waals surface area contributed by atoms with Gasteiger partial charge in [0.2, 0.25) is 0 Å². The Labute approximate surface area is 127 Å². The summed E-state index contributed by atoms with van der Waals surface area (Å²) in [6.45, 7) is 1.97. The molecule has 0 aliphatic rings. The number of H-pyrrole nitrogens is 1. The molecular weight excluding hydrogens is 282 g/mol. The van der Waals surface area contributed by atoms with Gasteiger partial charge in [0.1, 0.15) is 17.4 Å². The van der Waals surface area contributed by atoms with Gasteiger partial charge >= 0.3 is 5.97 Å². The van der Waals surface area contributed by atoms with Crippen molar-refractivity contribution in [3.8, 4) is 17.9 Å². The van der Waals surface area contributed by atoms with Gasteiger partial charge in [-0.3, -0.25) is 0 Å². The van der Waals surface area contributed by atoms with E-state index in [0.717, 1.165) is 10.9 Å². The molecule has 6 nitrogen and oxygen atoms in total. The number of benzene rings is 1. The van der Waals surface area contributed by atoms with Gasteiger partial charge in [-0.05, 0) is 30.7 Å². The van der Waals surface area contributed by atoms with Crippen LogP contribution < -0.4 is 4.74 Å². The topological polar surface area (TPSA) is 98.9 Å². The fourth-order valence-corrected chi connectivity index (χ4v) is 2.27. The maximum atomic E-state index is 12.1. The molecule has 1 aromatic heterocycles. The van der Waals surface area contributed by atoms with Crippen molar-refractivity contribution in [3.63, 3.8) is 0 Å². The zero-order chi connectivity index (χ0) is 16.1. The van der Waals surface area contributed by atoms with E-state index in [1.165, 1.54) is 0 Å². The molecule has 0 radical (unpaired) electrons. The average Bonchev–Trinajstić information content (AvgIpc) is 2.90. The lowest BCUT2D eigenvalue weighted by Gasteiger charge is -2.05. The van der Waals surface area contributed by atoms with E-state index >= 15 is 0 Å². The SMILES string of the molecule is CCOC(=O)c1[nH]c2ccc(OC)cc2c1CC(C#N)C#N. The molecule has 2 aromatic rings. The predicted octanol–water partition coefficient (Wildman–Crippen LogP) is 2.56. The molecule has 1 heterocycles. The summed E-state index contributed by atoms with van der Waals surface area (Å²) in [6.07, 6.45) is 0.147. The minimum Gasteiger partial charge on any atom is -0.497 e. The number of nitriles is 2. The fourth-order valence-electron chi connectivity index (χ4n) is 2.27. The van der Waals surface area contributed by atoms with Crippen molar-refractivity contribution in [1.29, 1.82) is 10.5 Å². The Morgan fingerprint density at radius 1 is 1.36 bits per heavy atom. The van der Waals surface area contributed by atoms with Crippen LogP contribution in [0, 0.1) is 28.6 Å². The van der Waals surface area contributed by atoms with Crippen molar-refractivity contribution in [3.05, 3.63) is 29.5 Å². The Hall–Kier alpha value is -2.99. The molecule has 0 spiro atoms. The van der Waals surface area contributed by atoms with Crippen LogP contribution in [-0.2, 0) is 11.2 Å². The molecular formula is C16H15N3O3. The molecule has 0 aliphatic carbocycles. The first kappa shape index (κ1) is 15.4. The van der Waals surface area contributed by atoms with Crippen molar-refractivity contribution >= 4 is 16.9 Å². The van der Waals surface area contributed by atoms with E-state index in [1.807, 2.05) is 12.1 Å². The first-order valence-corrected chi connectivity index (χ1v) is 6.79. The Bertz CT molecular complexity index is 766. The molecule has 0 saturated carbocycles. The smallest absolute Gasteiger partial charge is 0.355 e. The number of hydrogen-bond donors (Lipinski definition) is 1. The van der Waals surface area contributed by atoms with Crippen LogP contribution >= 0.6 is 0 Å². The molecule has 0 fully saturated rings. The number of nitrogens with one attached hydrogen (secondary N) is 1. The first-order chi connectivity index (χ1) is 10.6. The van der Waals surface area contributed by atoms with Crippen LogP contribution in [0.1, 0.15) is 23.0 Å². The lowest BCUT2D eigenvalue weighted by Crippen LogP contribution is -2.10. The van der Waals surface area contributed by atoms with Crippen molar-refractivity contribution < 1.29 is 14.3 Å². The monoisotopic (exact) mass is 297 g/mol.